The number of hydrogen-bond acceptors (Lipinski definition) is 3. The molecule has 0 aromatic heterocycles. The van der Waals surface area contributed by atoms with Crippen LogP contribution in [0.15, 0.2) is 30.3 Å². The predicted molar refractivity (Wildman–Crippen MR) is 132 cm³/mol. The van der Waals surface area contributed by atoms with Crippen LogP contribution >= 0.6 is 0 Å². The van der Waals surface area contributed by atoms with Crippen molar-refractivity contribution in [3.8, 4) is 11.8 Å². The van der Waals surface area contributed by atoms with Crippen LogP contribution in [-0.4, -0.2) is 32.7 Å². The van der Waals surface area contributed by atoms with Gasteiger partial charge in [-0.2, -0.15) is 0 Å². The molecule has 0 amide bonds. The Labute approximate surface area is 192 Å². The molecular formula is C27H44O3Si. The Balaban J connectivity index is 1.60. The SMILES string of the molecule is CC(C)[Si](OCCCCC#C[C@H](O)[C@@H]1C[C@H]1COCc1ccccc1)(C(C)C)C(C)C. The predicted octanol–water partition coefficient (Wildman–Crippen LogP) is 6.57. The van der Waals surface area contributed by atoms with Gasteiger partial charge < -0.3 is 14.3 Å². The fourth-order valence-corrected chi connectivity index (χ4v) is 10.6. The van der Waals surface area contributed by atoms with Crippen molar-refractivity contribution >= 4 is 8.32 Å². The van der Waals surface area contributed by atoms with Crippen LogP contribution in [-0.2, 0) is 15.8 Å². The molecular weight excluding hydrogens is 400 g/mol. The molecule has 0 saturated heterocycles. The molecule has 1 aliphatic carbocycles. The lowest BCUT2D eigenvalue weighted by atomic mass is 10.2. The molecule has 1 aromatic carbocycles. The lowest BCUT2D eigenvalue weighted by Gasteiger charge is -2.42. The number of rotatable bonds is 13. The van der Waals surface area contributed by atoms with Crippen LogP contribution in [0.25, 0.3) is 0 Å². The van der Waals surface area contributed by atoms with E-state index in [1.807, 2.05) is 18.2 Å². The number of aliphatic hydroxyl groups excluding tert-OH is 1. The van der Waals surface area contributed by atoms with Gasteiger partial charge in [0.15, 0.2) is 8.32 Å². The zero-order valence-corrected chi connectivity index (χ0v) is 21.6. The van der Waals surface area contributed by atoms with E-state index in [2.05, 4.69) is 65.5 Å². The van der Waals surface area contributed by atoms with Gasteiger partial charge in [-0.3, -0.25) is 0 Å². The first-order chi connectivity index (χ1) is 14.8. The number of benzene rings is 1. The van der Waals surface area contributed by atoms with Gasteiger partial charge in [0, 0.05) is 18.9 Å². The largest absolute Gasteiger partial charge is 0.416 e. The fraction of sp³-hybridized carbons (Fsp3) is 0.704. The van der Waals surface area contributed by atoms with Crippen molar-refractivity contribution < 1.29 is 14.3 Å². The Bertz CT molecular complexity index is 668. The average molecular weight is 445 g/mol. The van der Waals surface area contributed by atoms with Crippen molar-refractivity contribution in [1.29, 1.82) is 0 Å². The molecule has 3 atom stereocenters. The molecule has 1 saturated carbocycles. The third-order valence-electron chi connectivity index (χ3n) is 6.83. The van der Waals surface area contributed by atoms with Crippen molar-refractivity contribution in [1.82, 2.24) is 0 Å². The molecule has 0 unspecified atom stereocenters. The zero-order valence-electron chi connectivity index (χ0n) is 20.6. The second kappa shape index (κ2) is 12.8. The molecule has 0 bridgehead atoms. The first-order valence-corrected chi connectivity index (χ1v) is 14.3. The van der Waals surface area contributed by atoms with E-state index in [0.29, 0.717) is 35.8 Å². The van der Waals surface area contributed by atoms with Gasteiger partial charge in [-0.1, -0.05) is 77.8 Å². The molecule has 2 rings (SSSR count). The van der Waals surface area contributed by atoms with Gasteiger partial charge in [-0.05, 0) is 47.4 Å². The van der Waals surface area contributed by atoms with Gasteiger partial charge in [-0.15, -0.1) is 5.92 Å². The molecule has 31 heavy (non-hydrogen) atoms. The molecule has 1 N–H and O–H groups in total. The molecule has 0 heterocycles. The number of unbranched alkanes of at least 4 members (excludes halogenated alkanes) is 2. The molecule has 1 aromatic rings. The summed E-state index contributed by atoms with van der Waals surface area (Å²) in [6.45, 7) is 16.2. The van der Waals surface area contributed by atoms with Crippen LogP contribution in [0.1, 0.15) is 72.8 Å². The molecule has 0 radical (unpaired) electrons. The quantitative estimate of drug-likeness (QED) is 0.212. The van der Waals surface area contributed by atoms with Crippen molar-refractivity contribution in [2.45, 2.75) is 96.6 Å². The van der Waals surface area contributed by atoms with E-state index >= 15 is 0 Å². The highest BCUT2D eigenvalue weighted by molar-refractivity contribution is 6.77. The molecule has 4 heteroatoms. The normalized spacial score (nSPS) is 19.5. The second-order valence-electron chi connectivity index (χ2n) is 10.0. The summed E-state index contributed by atoms with van der Waals surface area (Å²) >= 11 is 0. The molecule has 1 fully saturated rings. The second-order valence-corrected chi connectivity index (χ2v) is 15.5. The van der Waals surface area contributed by atoms with E-state index in [1.165, 1.54) is 5.56 Å². The molecule has 174 valence electrons. The van der Waals surface area contributed by atoms with E-state index < -0.39 is 14.4 Å². The number of ether oxygens (including phenoxy) is 1. The van der Waals surface area contributed by atoms with E-state index in [9.17, 15) is 5.11 Å². The summed E-state index contributed by atoms with van der Waals surface area (Å²) in [5.41, 5.74) is 3.08. The Morgan fingerprint density at radius 2 is 1.65 bits per heavy atom. The van der Waals surface area contributed by atoms with Gasteiger partial charge in [0.2, 0.25) is 0 Å². The maximum Gasteiger partial charge on any atom is 0.200 e. The molecule has 0 spiro atoms. The van der Waals surface area contributed by atoms with Crippen LogP contribution in [0.2, 0.25) is 16.6 Å². The number of aliphatic hydroxyl groups is 1. The summed E-state index contributed by atoms with van der Waals surface area (Å²) in [7, 11) is -1.75. The number of hydrogen-bond donors (Lipinski definition) is 1. The Morgan fingerprint density at radius 3 is 2.26 bits per heavy atom. The Kier molecular flexibility index (Phi) is 10.8. The first-order valence-electron chi connectivity index (χ1n) is 12.2. The van der Waals surface area contributed by atoms with Crippen LogP contribution in [0.3, 0.4) is 0 Å². The van der Waals surface area contributed by atoms with Gasteiger partial charge in [0.05, 0.1) is 13.2 Å². The highest BCUT2D eigenvalue weighted by Crippen LogP contribution is 2.42. The maximum absolute atomic E-state index is 10.3. The summed E-state index contributed by atoms with van der Waals surface area (Å²) in [4.78, 5) is 0. The van der Waals surface area contributed by atoms with Crippen LogP contribution in [0.5, 0.6) is 0 Å². The summed E-state index contributed by atoms with van der Waals surface area (Å²) in [5.74, 6) is 6.98. The van der Waals surface area contributed by atoms with Crippen molar-refractivity contribution in [2.24, 2.45) is 11.8 Å². The van der Waals surface area contributed by atoms with Gasteiger partial charge in [0.25, 0.3) is 0 Å². The van der Waals surface area contributed by atoms with E-state index in [-0.39, 0.29) is 5.92 Å². The standard InChI is InChI=1S/C27H44O3Si/c1-21(2)31(22(3)4,23(5)6)30-17-13-8-7-12-16-27(28)26-18-25(26)20-29-19-24-14-10-9-11-15-24/h9-11,14-15,21-23,25-28H,7-8,13,17-20H2,1-6H3/t25-,26+,27-/m0/s1. The monoisotopic (exact) mass is 444 g/mol. The third kappa shape index (κ3) is 7.75. The lowest BCUT2D eigenvalue weighted by molar-refractivity contribution is 0.0994. The Morgan fingerprint density at radius 1 is 1.00 bits per heavy atom. The summed E-state index contributed by atoms with van der Waals surface area (Å²) in [5, 5.41) is 10.3. The topological polar surface area (TPSA) is 38.7 Å². The van der Waals surface area contributed by atoms with Gasteiger partial charge in [0.1, 0.15) is 6.10 Å². The summed E-state index contributed by atoms with van der Waals surface area (Å²) in [6.07, 6.45) is 3.43. The minimum Gasteiger partial charge on any atom is -0.416 e. The van der Waals surface area contributed by atoms with Gasteiger partial charge >= 0.3 is 0 Å². The molecule has 3 nitrogen and oxygen atoms in total. The minimum atomic E-state index is -1.75. The van der Waals surface area contributed by atoms with Gasteiger partial charge in [-0.25, -0.2) is 0 Å². The summed E-state index contributed by atoms with van der Waals surface area (Å²) in [6, 6.07) is 10.2. The highest BCUT2D eigenvalue weighted by atomic mass is 28.4. The first kappa shape index (κ1) is 26.1. The van der Waals surface area contributed by atoms with Crippen LogP contribution in [0, 0.1) is 23.7 Å². The Hall–Kier alpha value is -1.12. The van der Waals surface area contributed by atoms with Crippen molar-refractivity contribution in [3.05, 3.63) is 35.9 Å². The molecule has 0 aliphatic heterocycles. The van der Waals surface area contributed by atoms with Crippen molar-refractivity contribution in [3.63, 3.8) is 0 Å². The lowest BCUT2D eigenvalue weighted by Crippen LogP contribution is -2.47. The third-order valence-corrected chi connectivity index (χ3v) is 12.9. The fourth-order valence-electron chi connectivity index (χ4n) is 5.10. The average Bonchev–Trinajstić information content (AvgIpc) is 3.49. The van der Waals surface area contributed by atoms with Crippen LogP contribution in [0.4, 0.5) is 0 Å². The maximum atomic E-state index is 10.3. The van der Waals surface area contributed by atoms with E-state index in [1.54, 1.807) is 0 Å². The zero-order chi connectivity index (χ0) is 22.9. The smallest absolute Gasteiger partial charge is 0.200 e. The van der Waals surface area contributed by atoms with E-state index in [4.69, 9.17) is 9.16 Å². The molecule has 1 aliphatic rings. The minimum absolute atomic E-state index is 0.279. The van der Waals surface area contributed by atoms with Crippen molar-refractivity contribution in [2.75, 3.05) is 13.2 Å². The highest BCUT2D eigenvalue weighted by Gasteiger charge is 2.44. The van der Waals surface area contributed by atoms with E-state index in [0.717, 1.165) is 32.3 Å². The summed E-state index contributed by atoms with van der Waals surface area (Å²) < 4.78 is 12.4. The van der Waals surface area contributed by atoms with Crippen LogP contribution < -0.4 is 0 Å².